The van der Waals surface area contributed by atoms with Crippen LogP contribution in [-0.2, 0) is 9.53 Å². The molecule has 3 nitrogen and oxygen atoms in total. The fourth-order valence-corrected chi connectivity index (χ4v) is 1.45. The Morgan fingerprint density at radius 3 is 2.50 bits per heavy atom. The molecule has 4 heteroatoms. The van der Waals surface area contributed by atoms with E-state index in [0.717, 1.165) is 0 Å². The Bertz CT molecular complexity index is 272. The van der Waals surface area contributed by atoms with Crippen molar-refractivity contribution in [3.8, 4) is 0 Å². The highest BCUT2D eigenvalue weighted by Crippen LogP contribution is 2.16. The SMILES string of the molecule is CN=C(/C=C\CCF)C(C(=O)OC)C(C)C. The summed E-state index contributed by atoms with van der Waals surface area (Å²) in [5, 5.41) is 0. The van der Waals surface area contributed by atoms with Gasteiger partial charge in [0.05, 0.1) is 13.8 Å². The lowest BCUT2D eigenvalue weighted by Gasteiger charge is -2.18. The minimum absolute atomic E-state index is 0.0983. The van der Waals surface area contributed by atoms with Crippen molar-refractivity contribution < 1.29 is 13.9 Å². The molecular weight excluding hydrogens is 209 g/mol. The average Bonchev–Trinajstić information content (AvgIpc) is 2.26. The van der Waals surface area contributed by atoms with Crippen molar-refractivity contribution in [2.45, 2.75) is 20.3 Å². The topological polar surface area (TPSA) is 38.7 Å². The second kappa shape index (κ2) is 8.02. The van der Waals surface area contributed by atoms with Crippen molar-refractivity contribution in [2.75, 3.05) is 20.8 Å². The zero-order valence-electron chi connectivity index (χ0n) is 10.4. The van der Waals surface area contributed by atoms with Gasteiger partial charge >= 0.3 is 5.97 Å². The Balaban J connectivity index is 4.81. The number of halogens is 1. The molecule has 0 aromatic heterocycles. The zero-order valence-corrected chi connectivity index (χ0v) is 10.4. The number of carbonyl (C=O) groups excluding carboxylic acids is 1. The number of allylic oxidation sites excluding steroid dienone is 2. The molecule has 0 amide bonds. The Kier molecular flexibility index (Phi) is 7.42. The van der Waals surface area contributed by atoms with E-state index in [9.17, 15) is 9.18 Å². The standard InChI is InChI=1S/C12H20FNO2/c1-9(2)11(12(15)16-4)10(14-3)7-5-6-8-13/h5,7,9,11H,6,8H2,1-4H3/b7-5-,14-10?. The van der Waals surface area contributed by atoms with Gasteiger partial charge in [0.2, 0.25) is 0 Å². The van der Waals surface area contributed by atoms with Crippen molar-refractivity contribution in [1.29, 1.82) is 0 Å². The third-order valence-electron chi connectivity index (χ3n) is 2.26. The monoisotopic (exact) mass is 229 g/mol. The van der Waals surface area contributed by atoms with Gasteiger partial charge in [-0.05, 0) is 18.4 Å². The number of aliphatic imine (C=N–C) groups is 1. The predicted octanol–water partition coefficient (Wildman–Crippen LogP) is 2.42. The normalized spacial score (nSPS) is 14.5. The molecule has 0 rings (SSSR count). The lowest BCUT2D eigenvalue weighted by molar-refractivity contribution is -0.144. The van der Waals surface area contributed by atoms with E-state index < -0.39 is 6.67 Å². The second-order valence-corrected chi connectivity index (χ2v) is 3.77. The smallest absolute Gasteiger partial charge is 0.314 e. The number of ether oxygens (including phenoxy) is 1. The number of methoxy groups -OCH3 is 1. The Hall–Kier alpha value is -1.19. The minimum Gasteiger partial charge on any atom is -0.468 e. The van der Waals surface area contributed by atoms with Crippen LogP contribution in [0.15, 0.2) is 17.1 Å². The van der Waals surface area contributed by atoms with E-state index in [0.29, 0.717) is 12.1 Å². The van der Waals surface area contributed by atoms with Crippen LogP contribution in [0.25, 0.3) is 0 Å². The van der Waals surface area contributed by atoms with Crippen LogP contribution in [0.1, 0.15) is 20.3 Å². The molecule has 0 aliphatic carbocycles. The van der Waals surface area contributed by atoms with Gasteiger partial charge in [0.15, 0.2) is 0 Å². The molecule has 1 atom stereocenters. The first-order valence-electron chi connectivity index (χ1n) is 5.35. The molecule has 0 bridgehead atoms. The summed E-state index contributed by atoms with van der Waals surface area (Å²) in [5.74, 6) is -0.590. The van der Waals surface area contributed by atoms with E-state index >= 15 is 0 Å². The Morgan fingerprint density at radius 1 is 1.50 bits per heavy atom. The molecule has 16 heavy (non-hydrogen) atoms. The number of rotatable bonds is 6. The highest BCUT2D eigenvalue weighted by molar-refractivity contribution is 6.08. The maximum Gasteiger partial charge on any atom is 0.314 e. The molecule has 0 saturated heterocycles. The maximum atomic E-state index is 11.9. The van der Waals surface area contributed by atoms with Gasteiger partial charge in [-0.3, -0.25) is 14.2 Å². The summed E-state index contributed by atoms with van der Waals surface area (Å²) in [6.45, 7) is 3.45. The van der Waals surface area contributed by atoms with Crippen LogP contribution in [0.4, 0.5) is 4.39 Å². The number of esters is 1. The molecule has 0 aliphatic heterocycles. The van der Waals surface area contributed by atoms with Crippen LogP contribution in [-0.4, -0.2) is 32.5 Å². The molecule has 1 unspecified atom stereocenters. The van der Waals surface area contributed by atoms with Crippen molar-refractivity contribution in [3.63, 3.8) is 0 Å². The largest absolute Gasteiger partial charge is 0.468 e. The van der Waals surface area contributed by atoms with Gasteiger partial charge in [0, 0.05) is 12.8 Å². The van der Waals surface area contributed by atoms with Crippen LogP contribution >= 0.6 is 0 Å². The van der Waals surface area contributed by atoms with E-state index in [1.165, 1.54) is 7.11 Å². The van der Waals surface area contributed by atoms with Crippen LogP contribution < -0.4 is 0 Å². The molecule has 0 N–H and O–H groups in total. The molecule has 0 heterocycles. The molecule has 0 radical (unpaired) electrons. The number of hydrogen-bond donors (Lipinski definition) is 0. The van der Waals surface area contributed by atoms with Crippen molar-refractivity contribution in [1.82, 2.24) is 0 Å². The summed E-state index contributed by atoms with van der Waals surface area (Å²) in [4.78, 5) is 15.6. The molecule has 0 fully saturated rings. The molecule has 0 saturated carbocycles. The van der Waals surface area contributed by atoms with Gasteiger partial charge in [-0.1, -0.05) is 19.9 Å². The van der Waals surface area contributed by atoms with Crippen LogP contribution in [0.3, 0.4) is 0 Å². The van der Waals surface area contributed by atoms with E-state index in [4.69, 9.17) is 4.74 Å². The highest BCUT2D eigenvalue weighted by atomic mass is 19.1. The number of hydrogen-bond acceptors (Lipinski definition) is 3. The first-order chi connectivity index (χ1) is 7.58. The van der Waals surface area contributed by atoms with Crippen LogP contribution in [0, 0.1) is 11.8 Å². The van der Waals surface area contributed by atoms with Crippen LogP contribution in [0.5, 0.6) is 0 Å². The molecule has 0 aromatic carbocycles. The summed E-state index contributed by atoms with van der Waals surface area (Å²) < 4.78 is 16.7. The quantitative estimate of drug-likeness (QED) is 0.518. The van der Waals surface area contributed by atoms with Crippen molar-refractivity contribution in [3.05, 3.63) is 12.2 Å². The lowest BCUT2D eigenvalue weighted by Crippen LogP contribution is -2.29. The minimum atomic E-state index is -0.405. The summed E-state index contributed by atoms with van der Waals surface area (Å²) in [5.41, 5.74) is 0.635. The number of alkyl halides is 1. The summed E-state index contributed by atoms with van der Waals surface area (Å²) >= 11 is 0. The lowest BCUT2D eigenvalue weighted by atomic mass is 9.90. The first kappa shape index (κ1) is 14.8. The van der Waals surface area contributed by atoms with E-state index in [1.807, 2.05) is 13.8 Å². The van der Waals surface area contributed by atoms with Gasteiger partial charge in [0.1, 0.15) is 5.92 Å². The summed E-state index contributed by atoms with van der Waals surface area (Å²) in [6, 6.07) is 0. The number of carbonyl (C=O) groups is 1. The molecule has 92 valence electrons. The maximum absolute atomic E-state index is 11.9. The highest BCUT2D eigenvalue weighted by Gasteiger charge is 2.26. The zero-order chi connectivity index (χ0) is 12.6. The van der Waals surface area contributed by atoms with Gasteiger partial charge in [-0.2, -0.15) is 0 Å². The fourth-order valence-electron chi connectivity index (χ4n) is 1.45. The predicted molar refractivity (Wildman–Crippen MR) is 63.4 cm³/mol. The Morgan fingerprint density at radius 2 is 2.12 bits per heavy atom. The van der Waals surface area contributed by atoms with Gasteiger partial charge in [-0.15, -0.1) is 0 Å². The van der Waals surface area contributed by atoms with Gasteiger partial charge in [0.25, 0.3) is 0 Å². The van der Waals surface area contributed by atoms with Crippen molar-refractivity contribution >= 4 is 11.7 Å². The molecule has 0 aromatic rings. The second-order valence-electron chi connectivity index (χ2n) is 3.77. The average molecular weight is 229 g/mol. The summed E-state index contributed by atoms with van der Waals surface area (Å²) in [7, 11) is 2.98. The fraction of sp³-hybridized carbons (Fsp3) is 0.667. The van der Waals surface area contributed by atoms with E-state index in [2.05, 4.69) is 4.99 Å². The Labute approximate surface area is 96.4 Å². The molecule has 0 spiro atoms. The van der Waals surface area contributed by atoms with Gasteiger partial charge < -0.3 is 4.74 Å². The van der Waals surface area contributed by atoms with Crippen LogP contribution in [0.2, 0.25) is 0 Å². The first-order valence-corrected chi connectivity index (χ1v) is 5.35. The van der Waals surface area contributed by atoms with Gasteiger partial charge in [-0.25, -0.2) is 0 Å². The van der Waals surface area contributed by atoms with E-state index in [-0.39, 0.29) is 17.8 Å². The van der Waals surface area contributed by atoms with E-state index in [1.54, 1.807) is 19.2 Å². The number of nitrogens with zero attached hydrogens (tertiary/aromatic N) is 1. The summed E-state index contributed by atoms with van der Waals surface area (Å²) in [6.07, 6.45) is 3.72. The molecule has 0 aliphatic rings. The van der Waals surface area contributed by atoms with Crippen molar-refractivity contribution in [2.24, 2.45) is 16.8 Å². The molecular formula is C12H20FNO2. The third kappa shape index (κ3) is 4.55. The third-order valence-corrected chi connectivity index (χ3v) is 2.26.